The molecule has 1 aromatic heterocycles. The number of nitrogens with zero attached hydrogens (tertiary/aromatic N) is 3. The molecule has 1 aliphatic heterocycles. The van der Waals surface area contributed by atoms with Crippen LogP contribution < -0.4 is 15.5 Å². The average Bonchev–Trinajstić information content (AvgIpc) is 2.93. The van der Waals surface area contributed by atoms with Crippen LogP contribution in [-0.2, 0) is 19.3 Å². The topological polar surface area (TPSA) is 134 Å². The fraction of sp³-hybridized carbons (Fsp3) is 0.414. The van der Waals surface area contributed by atoms with E-state index in [0.29, 0.717) is 61.2 Å². The number of aromatic nitrogens is 2. The average molecular weight is 584 g/mol. The number of benzene rings is 2. The predicted molar refractivity (Wildman–Crippen MR) is 153 cm³/mol. The van der Waals surface area contributed by atoms with Gasteiger partial charge in [-0.3, -0.25) is 0 Å². The van der Waals surface area contributed by atoms with Gasteiger partial charge in [-0.05, 0) is 81.6 Å². The van der Waals surface area contributed by atoms with E-state index in [1.54, 1.807) is 37.3 Å². The summed E-state index contributed by atoms with van der Waals surface area (Å²) in [5.74, 6) is 0.473. The zero-order valence-electron chi connectivity index (χ0n) is 23.0. The monoisotopic (exact) mass is 583 g/mol. The summed E-state index contributed by atoms with van der Waals surface area (Å²) in [5.41, 5.74) is 1.59. The SMILES string of the molecule is C[C@H](CO)NC(=O)Nc1ccc(-c2nc(N3CCOC[C@@H]3C)cc(C3(S(=O)(=O)c4ccc(F)cc4)CCC3)n2)cc1. The van der Waals surface area contributed by atoms with Crippen LogP contribution in [0.2, 0.25) is 0 Å². The van der Waals surface area contributed by atoms with Gasteiger partial charge in [0.05, 0.1) is 42.5 Å². The number of amides is 2. The molecule has 2 fully saturated rings. The first-order valence-electron chi connectivity index (χ1n) is 13.7. The molecule has 2 amide bonds. The van der Waals surface area contributed by atoms with Crippen LogP contribution in [0.4, 0.5) is 20.7 Å². The molecule has 3 aromatic rings. The Hall–Kier alpha value is -3.61. The van der Waals surface area contributed by atoms with Gasteiger partial charge in [0.25, 0.3) is 0 Å². The van der Waals surface area contributed by atoms with E-state index in [1.807, 2.05) is 6.92 Å². The quantitative estimate of drug-likeness (QED) is 0.341. The molecule has 5 rings (SSSR count). The number of anilines is 2. The number of nitrogens with one attached hydrogen (secondary N) is 2. The lowest BCUT2D eigenvalue weighted by atomic mass is 9.81. The first-order valence-corrected chi connectivity index (χ1v) is 15.1. The smallest absolute Gasteiger partial charge is 0.319 e. The van der Waals surface area contributed by atoms with Crippen LogP contribution in [0, 0.1) is 5.82 Å². The van der Waals surface area contributed by atoms with Crippen LogP contribution in [0.15, 0.2) is 59.5 Å². The minimum Gasteiger partial charge on any atom is -0.394 e. The molecule has 0 spiro atoms. The second-order valence-electron chi connectivity index (χ2n) is 10.6. The molecule has 3 N–H and O–H groups in total. The molecule has 41 heavy (non-hydrogen) atoms. The van der Waals surface area contributed by atoms with E-state index in [1.165, 1.54) is 12.1 Å². The molecular formula is C29H34FN5O5S. The fourth-order valence-corrected chi connectivity index (χ4v) is 7.30. The van der Waals surface area contributed by atoms with Crippen molar-refractivity contribution in [2.75, 3.05) is 36.6 Å². The summed E-state index contributed by atoms with van der Waals surface area (Å²) in [6.45, 7) is 5.17. The summed E-state index contributed by atoms with van der Waals surface area (Å²) in [5, 5.41) is 14.5. The van der Waals surface area contributed by atoms with Crippen molar-refractivity contribution in [1.29, 1.82) is 0 Å². The highest BCUT2D eigenvalue weighted by Gasteiger charge is 2.52. The number of hydrogen-bond donors (Lipinski definition) is 3. The summed E-state index contributed by atoms with van der Waals surface area (Å²) in [7, 11) is -3.90. The number of morpholine rings is 1. The Morgan fingerprint density at radius 1 is 1.17 bits per heavy atom. The molecule has 0 unspecified atom stereocenters. The summed E-state index contributed by atoms with van der Waals surface area (Å²) in [6.07, 6.45) is 1.51. The molecular weight excluding hydrogens is 549 g/mol. The Labute approximate surface area is 238 Å². The Kier molecular flexibility index (Phi) is 8.25. The number of aliphatic hydroxyl groups excluding tert-OH is 1. The number of carbonyl (C=O) groups excluding carboxylic acids is 1. The van der Waals surface area contributed by atoms with E-state index in [-0.39, 0.29) is 17.5 Å². The van der Waals surface area contributed by atoms with E-state index in [2.05, 4.69) is 15.5 Å². The van der Waals surface area contributed by atoms with Gasteiger partial charge < -0.3 is 25.4 Å². The predicted octanol–water partition coefficient (Wildman–Crippen LogP) is 3.86. The highest BCUT2D eigenvalue weighted by atomic mass is 32.2. The van der Waals surface area contributed by atoms with E-state index in [4.69, 9.17) is 19.8 Å². The van der Waals surface area contributed by atoms with Crippen LogP contribution in [0.1, 0.15) is 38.8 Å². The standard InChI is InChI=1S/C29H34FN5O5S/c1-19(17-36)31-28(37)32-23-8-4-21(5-9-23)27-33-25(16-26(34-27)35-14-15-40-18-20(35)2)29(12-3-13-29)41(38,39)24-10-6-22(30)7-11-24/h4-11,16,19-20,36H,3,12-15,17-18H2,1-2H3,(H2,31,32,37)/t19-,20+/m1/s1. The van der Waals surface area contributed by atoms with Crippen molar-refractivity contribution >= 4 is 27.4 Å². The maximum absolute atomic E-state index is 14.0. The van der Waals surface area contributed by atoms with Crippen molar-refractivity contribution in [1.82, 2.24) is 15.3 Å². The van der Waals surface area contributed by atoms with Gasteiger partial charge in [0.2, 0.25) is 0 Å². The van der Waals surface area contributed by atoms with Crippen molar-refractivity contribution in [3.8, 4) is 11.4 Å². The molecule has 2 atom stereocenters. The maximum Gasteiger partial charge on any atom is 0.319 e. The van der Waals surface area contributed by atoms with Crippen LogP contribution in [0.5, 0.6) is 0 Å². The Balaban J connectivity index is 1.54. The Morgan fingerprint density at radius 2 is 1.88 bits per heavy atom. The van der Waals surface area contributed by atoms with Crippen LogP contribution in [0.25, 0.3) is 11.4 Å². The van der Waals surface area contributed by atoms with Crippen molar-refractivity contribution in [2.45, 2.75) is 54.8 Å². The lowest BCUT2D eigenvalue weighted by molar-refractivity contribution is 0.0985. The van der Waals surface area contributed by atoms with Crippen molar-refractivity contribution in [2.24, 2.45) is 0 Å². The number of halogens is 1. The minimum absolute atomic E-state index is 0.0248. The highest BCUT2D eigenvalue weighted by Crippen LogP contribution is 2.51. The number of ether oxygens (including phenoxy) is 1. The molecule has 10 nitrogen and oxygen atoms in total. The second kappa shape index (κ2) is 11.7. The molecule has 0 radical (unpaired) electrons. The van der Waals surface area contributed by atoms with Gasteiger partial charge in [-0.1, -0.05) is 0 Å². The third kappa shape index (κ3) is 5.77. The Bertz CT molecular complexity index is 1500. The molecule has 1 saturated carbocycles. The first kappa shape index (κ1) is 28.9. The molecule has 2 aliphatic rings. The molecule has 218 valence electrons. The molecule has 1 aliphatic carbocycles. The molecule has 2 aromatic carbocycles. The summed E-state index contributed by atoms with van der Waals surface area (Å²) in [6, 6.07) is 12.8. The van der Waals surface area contributed by atoms with Crippen LogP contribution in [-0.4, -0.2) is 68.0 Å². The zero-order chi connectivity index (χ0) is 29.2. The van der Waals surface area contributed by atoms with Gasteiger partial charge in [0.15, 0.2) is 15.7 Å². The second-order valence-corrected chi connectivity index (χ2v) is 12.9. The van der Waals surface area contributed by atoms with Gasteiger partial charge in [-0.15, -0.1) is 0 Å². The van der Waals surface area contributed by atoms with Crippen molar-refractivity contribution in [3.05, 3.63) is 66.1 Å². The number of urea groups is 1. The van der Waals surface area contributed by atoms with Crippen LogP contribution in [0.3, 0.4) is 0 Å². The number of sulfone groups is 1. The van der Waals surface area contributed by atoms with Crippen LogP contribution >= 0.6 is 0 Å². The largest absolute Gasteiger partial charge is 0.394 e. The number of carbonyl (C=O) groups is 1. The highest BCUT2D eigenvalue weighted by molar-refractivity contribution is 7.92. The number of rotatable bonds is 8. The summed E-state index contributed by atoms with van der Waals surface area (Å²) < 4.78 is 46.0. The Morgan fingerprint density at radius 3 is 2.49 bits per heavy atom. The normalized spacial score (nSPS) is 19.2. The maximum atomic E-state index is 14.0. The van der Waals surface area contributed by atoms with E-state index in [0.717, 1.165) is 18.6 Å². The van der Waals surface area contributed by atoms with Crippen molar-refractivity contribution < 1.29 is 27.4 Å². The van der Waals surface area contributed by atoms with Gasteiger partial charge in [0, 0.05) is 23.9 Å². The number of hydrogen-bond acceptors (Lipinski definition) is 8. The van der Waals surface area contributed by atoms with Gasteiger partial charge in [-0.2, -0.15) is 0 Å². The summed E-state index contributed by atoms with van der Waals surface area (Å²) in [4.78, 5) is 24.0. The van der Waals surface area contributed by atoms with E-state index >= 15 is 0 Å². The van der Waals surface area contributed by atoms with E-state index in [9.17, 15) is 17.6 Å². The lowest BCUT2D eigenvalue weighted by Gasteiger charge is -2.41. The first-order chi connectivity index (χ1) is 19.6. The van der Waals surface area contributed by atoms with Gasteiger partial charge in [-0.25, -0.2) is 27.6 Å². The van der Waals surface area contributed by atoms with Crippen molar-refractivity contribution in [3.63, 3.8) is 0 Å². The molecule has 12 heteroatoms. The number of aliphatic hydroxyl groups is 1. The lowest BCUT2D eigenvalue weighted by Crippen LogP contribution is -2.46. The molecule has 2 heterocycles. The third-order valence-corrected chi connectivity index (χ3v) is 10.2. The van der Waals surface area contributed by atoms with E-state index < -0.39 is 32.5 Å². The minimum atomic E-state index is -3.90. The van der Waals surface area contributed by atoms with Gasteiger partial charge >= 0.3 is 6.03 Å². The third-order valence-electron chi connectivity index (χ3n) is 7.69. The zero-order valence-corrected chi connectivity index (χ0v) is 23.8. The fourth-order valence-electron chi connectivity index (χ4n) is 5.15. The molecule has 0 bridgehead atoms. The summed E-state index contributed by atoms with van der Waals surface area (Å²) >= 11 is 0. The van der Waals surface area contributed by atoms with Gasteiger partial charge in [0.1, 0.15) is 16.4 Å². The molecule has 1 saturated heterocycles.